The number of hydrogen-bond donors (Lipinski definition) is 2. The topological polar surface area (TPSA) is 91.5 Å². The molecule has 0 unspecified atom stereocenters. The Balaban J connectivity index is 1.95. The van der Waals surface area contributed by atoms with Crippen LogP contribution in [0.1, 0.15) is 0 Å². The molecule has 3 aromatic carbocycles. The molecule has 2 heterocycles. The van der Waals surface area contributed by atoms with Crippen molar-refractivity contribution in [2.45, 2.75) is 0 Å². The minimum Gasteiger partial charge on any atom is -0.290 e. The number of hydrogen-bond acceptors (Lipinski definition) is 4. The number of nitrogens with one attached hydrogen (secondary N) is 2. The highest BCUT2D eigenvalue weighted by atomic mass is 16.2. The van der Waals surface area contributed by atoms with Gasteiger partial charge in [0.2, 0.25) is 0 Å². The lowest BCUT2D eigenvalue weighted by Gasteiger charge is -2.11. The van der Waals surface area contributed by atoms with Crippen molar-refractivity contribution < 1.29 is 0 Å². The lowest BCUT2D eigenvalue weighted by molar-refractivity contribution is 1.05. The summed E-state index contributed by atoms with van der Waals surface area (Å²) in [5.74, 6) is 0. The molecule has 28 heavy (non-hydrogen) atoms. The third kappa shape index (κ3) is 2.59. The van der Waals surface area contributed by atoms with Crippen LogP contribution >= 0.6 is 0 Å². The van der Waals surface area contributed by atoms with Gasteiger partial charge in [0.25, 0.3) is 5.56 Å². The fraction of sp³-hybridized carbons (Fsp3) is 0. The molecule has 0 saturated carbocycles. The molecule has 0 aliphatic carbocycles. The van der Waals surface area contributed by atoms with E-state index in [1.165, 1.54) is 0 Å². The van der Waals surface area contributed by atoms with Crippen LogP contribution in [0.4, 0.5) is 0 Å². The zero-order valence-electron chi connectivity index (χ0n) is 14.6. The minimum atomic E-state index is -0.605. The maximum absolute atomic E-state index is 12.3. The molecule has 0 bridgehead atoms. The molecule has 134 valence electrons. The summed E-state index contributed by atoms with van der Waals surface area (Å²) in [6.07, 6.45) is 0. The minimum absolute atomic E-state index is 0.106. The van der Waals surface area contributed by atoms with Crippen molar-refractivity contribution in [1.82, 2.24) is 19.9 Å². The van der Waals surface area contributed by atoms with Crippen LogP contribution in [0.15, 0.2) is 82.4 Å². The SMILES string of the molecule is O=c1[nH]c(=O)c2nc3c(-c4ccccc4)ccc(-c4ccccc4)c3nc2[nH]1. The predicted molar refractivity (Wildman–Crippen MR) is 109 cm³/mol. The van der Waals surface area contributed by atoms with Crippen molar-refractivity contribution >= 4 is 22.2 Å². The zero-order valence-corrected chi connectivity index (χ0v) is 14.6. The van der Waals surface area contributed by atoms with Gasteiger partial charge in [0.1, 0.15) is 0 Å². The van der Waals surface area contributed by atoms with E-state index < -0.39 is 11.2 Å². The summed E-state index contributed by atoms with van der Waals surface area (Å²) in [6, 6.07) is 23.6. The third-order valence-electron chi connectivity index (χ3n) is 4.67. The fourth-order valence-electron chi connectivity index (χ4n) is 3.38. The van der Waals surface area contributed by atoms with Crippen molar-refractivity contribution in [2.75, 3.05) is 0 Å². The predicted octanol–water partition coefficient (Wildman–Crippen LogP) is 3.49. The molecule has 0 fully saturated rings. The first-order valence-electron chi connectivity index (χ1n) is 8.78. The van der Waals surface area contributed by atoms with Crippen LogP contribution in [0, 0.1) is 0 Å². The van der Waals surface area contributed by atoms with Gasteiger partial charge in [0.05, 0.1) is 11.0 Å². The number of nitrogens with zero attached hydrogens (tertiary/aromatic N) is 2. The molecular formula is C22H14N4O2. The summed E-state index contributed by atoms with van der Waals surface area (Å²) in [4.78, 5) is 38.0. The molecule has 5 rings (SSSR count). The molecular weight excluding hydrogens is 352 g/mol. The van der Waals surface area contributed by atoms with E-state index >= 15 is 0 Å². The summed E-state index contributed by atoms with van der Waals surface area (Å²) in [5.41, 5.74) is 4.05. The van der Waals surface area contributed by atoms with Crippen molar-refractivity contribution in [3.8, 4) is 22.3 Å². The zero-order chi connectivity index (χ0) is 19.1. The van der Waals surface area contributed by atoms with E-state index in [1.807, 2.05) is 72.8 Å². The second-order valence-corrected chi connectivity index (χ2v) is 6.42. The summed E-state index contributed by atoms with van der Waals surface area (Å²) in [6.45, 7) is 0. The Hall–Kier alpha value is -4.06. The average Bonchev–Trinajstić information content (AvgIpc) is 2.73. The van der Waals surface area contributed by atoms with Gasteiger partial charge in [-0.15, -0.1) is 0 Å². The monoisotopic (exact) mass is 366 g/mol. The molecule has 0 radical (unpaired) electrons. The number of rotatable bonds is 2. The van der Waals surface area contributed by atoms with E-state index in [-0.39, 0.29) is 11.2 Å². The second-order valence-electron chi connectivity index (χ2n) is 6.42. The molecule has 0 saturated heterocycles. The molecule has 2 aromatic heterocycles. The lowest BCUT2D eigenvalue weighted by atomic mass is 9.97. The van der Waals surface area contributed by atoms with Gasteiger partial charge in [0.15, 0.2) is 11.2 Å². The number of H-pyrrole nitrogens is 2. The maximum Gasteiger partial charge on any atom is 0.327 e. The summed E-state index contributed by atoms with van der Waals surface area (Å²) >= 11 is 0. The molecule has 5 aromatic rings. The Morgan fingerprint density at radius 2 is 1.11 bits per heavy atom. The number of aromatic amines is 2. The molecule has 0 aliphatic rings. The Kier molecular flexibility index (Phi) is 3.62. The smallest absolute Gasteiger partial charge is 0.290 e. The second kappa shape index (κ2) is 6.28. The molecule has 0 spiro atoms. The molecule has 6 heteroatoms. The van der Waals surface area contributed by atoms with Crippen LogP contribution < -0.4 is 11.2 Å². The van der Waals surface area contributed by atoms with Gasteiger partial charge >= 0.3 is 5.69 Å². The van der Waals surface area contributed by atoms with Gasteiger partial charge < -0.3 is 0 Å². The van der Waals surface area contributed by atoms with E-state index in [1.54, 1.807) is 0 Å². The van der Waals surface area contributed by atoms with Crippen LogP contribution in [-0.2, 0) is 0 Å². The first-order chi connectivity index (χ1) is 13.7. The number of fused-ring (bicyclic) bond motifs is 2. The highest BCUT2D eigenvalue weighted by Crippen LogP contribution is 2.33. The van der Waals surface area contributed by atoms with E-state index in [9.17, 15) is 9.59 Å². The van der Waals surface area contributed by atoms with Crippen molar-refractivity contribution in [1.29, 1.82) is 0 Å². The Morgan fingerprint density at radius 1 is 0.571 bits per heavy atom. The highest BCUT2D eigenvalue weighted by molar-refractivity contribution is 6.02. The van der Waals surface area contributed by atoms with Gasteiger partial charge in [0, 0.05) is 11.1 Å². The normalized spacial score (nSPS) is 11.1. The Morgan fingerprint density at radius 3 is 1.68 bits per heavy atom. The van der Waals surface area contributed by atoms with E-state index in [0.29, 0.717) is 11.0 Å². The standard InChI is InChI=1S/C22H14N4O2/c27-21-19-20(25-22(28)26-21)24-18-16(14-9-5-2-6-10-14)12-11-15(17(18)23-19)13-7-3-1-4-8-13/h1-12H,(H2,24,25,26,27,28). The number of benzene rings is 3. The third-order valence-corrected chi connectivity index (χ3v) is 4.67. The van der Waals surface area contributed by atoms with Crippen molar-refractivity contribution in [3.63, 3.8) is 0 Å². The van der Waals surface area contributed by atoms with Crippen LogP contribution in [0.25, 0.3) is 44.5 Å². The Bertz CT molecular complexity index is 1440. The number of aromatic nitrogens is 4. The van der Waals surface area contributed by atoms with Crippen LogP contribution in [0.5, 0.6) is 0 Å². The highest BCUT2D eigenvalue weighted by Gasteiger charge is 2.15. The van der Waals surface area contributed by atoms with Gasteiger partial charge in [-0.1, -0.05) is 72.8 Å². The summed E-state index contributed by atoms with van der Waals surface area (Å²) in [5, 5.41) is 0. The van der Waals surface area contributed by atoms with E-state index in [0.717, 1.165) is 22.3 Å². The van der Waals surface area contributed by atoms with Crippen molar-refractivity contribution in [3.05, 3.63) is 93.6 Å². The summed E-state index contributed by atoms with van der Waals surface area (Å²) in [7, 11) is 0. The van der Waals surface area contributed by atoms with Gasteiger partial charge in [-0.05, 0) is 11.1 Å². The Labute approximate surface area is 158 Å². The van der Waals surface area contributed by atoms with Crippen LogP contribution in [0.2, 0.25) is 0 Å². The summed E-state index contributed by atoms with van der Waals surface area (Å²) < 4.78 is 0. The van der Waals surface area contributed by atoms with E-state index in [4.69, 9.17) is 0 Å². The molecule has 6 nitrogen and oxygen atoms in total. The average molecular weight is 366 g/mol. The molecule has 0 atom stereocenters. The van der Waals surface area contributed by atoms with Crippen molar-refractivity contribution in [2.24, 2.45) is 0 Å². The fourth-order valence-corrected chi connectivity index (χ4v) is 3.38. The molecule has 2 N–H and O–H groups in total. The lowest BCUT2D eigenvalue weighted by Crippen LogP contribution is -2.23. The van der Waals surface area contributed by atoms with Gasteiger partial charge in [-0.25, -0.2) is 14.8 Å². The molecule has 0 amide bonds. The first-order valence-corrected chi connectivity index (χ1v) is 8.78. The quantitative estimate of drug-likeness (QED) is 0.468. The van der Waals surface area contributed by atoms with Crippen LogP contribution in [-0.4, -0.2) is 19.9 Å². The largest absolute Gasteiger partial charge is 0.327 e. The van der Waals surface area contributed by atoms with E-state index in [2.05, 4.69) is 19.9 Å². The van der Waals surface area contributed by atoms with Gasteiger partial charge in [-0.3, -0.25) is 14.8 Å². The first kappa shape index (κ1) is 16.1. The van der Waals surface area contributed by atoms with Crippen LogP contribution in [0.3, 0.4) is 0 Å². The van der Waals surface area contributed by atoms with Gasteiger partial charge in [-0.2, -0.15) is 0 Å². The maximum atomic E-state index is 12.3. The molecule has 0 aliphatic heterocycles.